The molecule has 1 fully saturated rings. The zero-order valence-corrected chi connectivity index (χ0v) is 12.5. The Hall–Kier alpha value is -2.30. The van der Waals surface area contributed by atoms with Crippen molar-refractivity contribution in [3.63, 3.8) is 0 Å². The number of para-hydroxylation sites is 1. The number of ether oxygens (including phenoxy) is 1. The van der Waals surface area contributed by atoms with Gasteiger partial charge >= 0.3 is 0 Å². The van der Waals surface area contributed by atoms with Gasteiger partial charge in [0.05, 0.1) is 7.11 Å². The molecule has 1 amide bonds. The SMILES string of the molecule is COc1cccc2c(N3CCN(C)C(=O)[C@@H]3C)ccnc12. The minimum absolute atomic E-state index is 0.147. The number of carbonyl (C=O) groups is 1. The summed E-state index contributed by atoms with van der Waals surface area (Å²) >= 11 is 0. The third-order valence-electron chi connectivity index (χ3n) is 4.12. The fraction of sp³-hybridized carbons (Fsp3) is 0.375. The molecule has 0 saturated carbocycles. The quantitative estimate of drug-likeness (QED) is 0.845. The van der Waals surface area contributed by atoms with Gasteiger partial charge in [0.25, 0.3) is 0 Å². The van der Waals surface area contributed by atoms with Crippen LogP contribution in [0.15, 0.2) is 30.5 Å². The molecular weight excluding hydrogens is 266 g/mol. The number of rotatable bonds is 2. The average molecular weight is 285 g/mol. The van der Waals surface area contributed by atoms with Crippen molar-refractivity contribution in [3.05, 3.63) is 30.5 Å². The van der Waals surface area contributed by atoms with E-state index in [-0.39, 0.29) is 11.9 Å². The van der Waals surface area contributed by atoms with E-state index in [0.29, 0.717) is 0 Å². The second-order valence-electron chi connectivity index (χ2n) is 5.32. The molecule has 110 valence electrons. The third-order valence-corrected chi connectivity index (χ3v) is 4.12. The number of likely N-dealkylation sites (N-methyl/N-ethyl adjacent to an activating group) is 1. The van der Waals surface area contributed by atoms with Crippen LogP contribution in [0.4, 0.5) is 5.69 Å². The molecule has 0 aliphatic carbocycles. The molecule has 2 heterocycles. The number of nitrogens with zero attached hydrogens (tertiary/aromatic N) is 3. The molecule has 0 radical (unpaired) electrons. The molecule has 21 heavy (non-hydrogen) atoms. The monoisotopic (exact) mass is 285 g/mol. The summed E-state index contributed by atoms with van der Waals surface area (Å²) in [5.74, 6) is 0.900. The van der Waals surface area contributed by atoms with Gasteiger partial charge in [-0.05, 0) is 19.1 Å². The normalized spacial score (nSPS) is 19.2. The lowest BCUT2D eigenvalue weighted by Crippen LogP contribution is -2.54. The van der Waals surface area contributed by atoms with Crippen LogP contribution in [0.2, 0.25) is 0 Å². The lowest BCUT2D eigenvalue weighted by atomic mass is 10.1. The highest BCUT2D eigenvalue weighted by Gasteiger charge is 2.30. The van der Waals surface area contributed by atoms with Crippen molar-refractivity contribution in [2.75, 3.05) is 32.1 Å². The predicted octanol–water partition coefficient (Wildman–Crippen LogP) is 1.91. The number of aromatic nitrogens is 1. The number of fused-ring (bicyclic) bond motifs is 1. The van der Waals surface area contributed by atoms with Crippen molar-refractivity contribution in [2.24, 2.45) is 0 Å². The fourth-order valence-electron chi connectivity index (χ4n) is 2.89. The smallest absolute Gasteiger partial charge is 0.244 e. The van der Waals surface area contributed by atoms with Crippen LogP contribution in [-0.2, 0) is 4.79 Å². The molecule has 0 unspecified atom stereocenters. The van der Waals surface area contributed by atoms with Crippen LogP contribution in [0.1, 0.15) is 6.92 Å². The summed E-state index contributed by atoms with van der Waals surface area (Å²) in [5.41, 5.74) is 1.86. The van der Waals surface area contributed by atoms with E-state index in [2.05, 4.69) is 9.88 Å². The van der Waals surface area contributed by atoms with E-state index in [1.807, 2.05) is 38.2 Å². The van der Waals surface area contributed by atoms with Crippen molar-refractivity contribution in [3.8, 4) is 5.75 Å². The second-order valence-corrected chi connectivity index (χ2v) is 5.32. The lowest BCUT2D eigenvalue weighted by Gasteiger charge is -2.39. The number of carbonyl (C=O) groups excluding carboxylic acids is 1. The zero-order chi connectivity index (χ0) is 15.0. The lowest BCUT2D eigenvalue weighted by molar-refractivity contribution is -0.132. The summed E-state index contributed by atoms with van der Waals surface area (Å²) in [7, 11) is 3.50. The van der Waals surface area contributed by atoms with Gasteiger partial charge < -0.3 is 14.5 Å². The van der Waals surface area contributed by atoms with Gasteiger partial charge in [0.1, 0.15) is 17.3 Å². The average Bonchev–Trinajstić information content (AvgIpc) is 2.52. The van der Waals surface area contributed by atoms with Gasteiger partial charge in [0.2, 0.25) is 5.91 Å². The van der Waals surface area contributed by atoms with E-state index in [0.717, 1.165) is 35.4 Å². The number of hydrogen-bond donors (Lipinski definition) is 0. The number of methoxy groups -OCH3 is 1. The number of pyridine rings is 1. The molecule has 5 heteroatoms. The summed E-state index contributed by atoms with van der Waals surface area (Å²) < 4.78 is 5.38. The molecule has 3 rings (SSSR count). The van der Waals surface area contributed by atoms with Gasteiger partial charge in [0.15, 0.2) is 0 Å². The highest BCUT2D eigenvalue weighted by atomic mass is 16.5. The molecule has 1 aromatic carbocycles. The predicted molar refractivity (Wildman–Crippen MR) is 82.7 cm³/mol. The maximum absolute atomic E-state index is 12.2. The molecule has 1 saturated heterocycles. The van der Waals surface area contributed by atoms with Crippen LogP contribution in [0.3, 0.4) is 0 Å². The summed E-state index contributed by atoms with van der Waals surface area (Å²) in [6.07, 6.45) is 1.77. The first kappa shape index (κ1) is 13.7. The first-order valence-corrected chi connectivity index (χ1v) is 7.07. The van der Waals surface area contributed by atoms with Gasteiger partial charge in [0, 0.05) is 37.4 Å². The molecule has 0 bridgehead atoms. The third kappa shape index (κ3) is 2.18. The van der Waals surface area contributed by atoms with Gasteiger partial charge in [-0.1, -0.05) is 12.1 Å². The Bertz CT molecular complexity index is 686. The molecule has 1 atom stereocenters. The Kier molecular flexibility index (Phi) is 3.41. The number of piperazine rings is 1. The van der Waals surface area contributed by atoms with Gasteiger partial charge in [-0.25, -0.2) is 0 Å². The Morgan fingerprint density at radius 2 is 2.10 bits per heavy atom. The minimum Gasteiger partial charge on any atom is -0.494 e. The Balaban J connectivity index is 2.11. The fourth-order valence-corrected chi connectivity index (χ4v) is 2.89. The van der Waals surface area contributed by atoms with Crippen LogP contribution >= 0.6 is 0 Å². The standard InChI is InChI=1S/C16H19N3O2/c1-11-16(20)18(2)9-10-19(11)13-7-8-17-15-12(13)5-4-6-14(15)21-3/h4-8,11H,9-10H2,1-3H3/t11-/m0/s1. The van der Waals surface area contributed by atoms with E-state index in [4.69, 9.17) is 4.74 Å². The van der Waals surface area contributed by atoms with Gasteiger partial charge in [-0.3, -0.25) is 9.78 Å². The van der Waals surface area contributed by atoms with Crippen molar-refractivity contribution < 1.29 is 9.53 Å². The number of amides is 1. The number of hydrogen-bond acceptors (Lipinski definition) is 4. The maximum atomic E-state index is 12.2. The Morgan fingerprint density at radius 3 is 2.86 bits per heavy atom. The van der Waals surface area contributed by atoms with Crippen molar-refractivity contribution in [1.82, 2.24) is 9.88 Å². The first-order valence-electron chi connectivity index (χ1n) is 7.07. The van der Waals surface area contributed by atoms with Crippen LogP contribution in [0.25, 0.3) is 10.9 Å². The molecule has 1 aliphatic heterocycles. The summed E-state index contributed by atoms with van der Waals surface area (Å²) in [5, 5.41) is 1.01. The van der Waals surface area contributed by atoms with Gasteiger partial charge in [-0.15, -0.1) is 0 Å². The topological polar surface area (TPSA) is 45.7 Å². The Labute approximate surface area is 124 Å². The van der Waals surface area contributed by atoms with Crippen molar-refractivity contribution >= 4 is 22.5 Å². The first-order chi connectivity index (χ1) is 10.1. The zero-order valence-electron chi connectivity index (χ0n) is 12.5. The van der Waals surface area contributed by atoms with Gasteiger partial charge in [-0.2, -0.15) is 0 Å². The van der Waals surface area contributed by atoms with Crippen molar-refractivity contribution in [2.45, 2.75) is 13.0 Å². The molecule has 0 N–H and O–H groups in total. The van der Waals surface area contributed by atoms with Crippen LogP contribution in [-0.4, -0.2) is 49.1 Å². The molecule has 0 spiro atoms. The molecule has 1 aromatic heterocycles. The second kappa shape index (κ2) is 5.24. The van der Waals surface area contributed by atoms with Crippen molar-refractivity contribution in [1.29, 1.82) is 0 Å². The maximum Gasteiger partial charge on any atom is 0.244 e. The highest BCUT2D eigenvalue weighted by Crippen LogP contribution is 2.32. The summed E-state index contributed by atoms with van der Waals surface area (Å²) in [6.45, 7) is 3.50. The van der Waals surface area contributed by atoms with Crippen LogP contribution in [0, 0.1) is 0 Å². The summed E-state index contributed by atoms with van der Waals surface area (Å²) in [4.78, 5) is 20.6. The molecule has 5 nitrogen and oxygen atoms in total. The van der Waals surface area contributed by atoms with Crippen LogP contribution in [0.5, 0.6) is 5.75 Å². The largest absolute Gasteiger partial charge is 0.494 e. The highest BCUT2D eigenvalue weighted by molar-refractivity contribution is 5.97. The van der Waals surface area contributed by atoms with E-state index < -0.39 is 0 Å². The number of benzene rings is 1. The minimum atomic E-state index is -0.166. The van der Waals surface area contributed by atoms with E-state index in [1.165, 1.54) is 0 Å². The van der Waals surface area contributed by atoms with E-state index >= 15 is 0 Å². The molecule has 1 aliphatic rings. The van der Waals surface area contributed by atoms with Crippen LogP contribution < -0.4 is 9.64 Å². The molecule has 2 aromatic rings. The summed E-state index contributed by atoms with van der Waals surface area (Å²) in [6, 6.07) is 7.68. The Morgan fingerprint density at radius 1 is 1.29 bits per heavy atom. The molecular formula is C16H19N3O2. The van der Waals surface area contributed by atoms with E-state index in [9.17, 15) is 4.79 Å². The number of anilines is 1. The van der Waals surface area contributed by atoms with E-state index in [1.54, 1.807) is 18.2 Å².